The second kappa shape index (κ2) is 6.31. The first-order chi connectivity index (χ1) is 12.5. The van der Waals surface area contributed by atoms with Crippen LogP contribution in [-0.2, 0) is 7.05 Å². The van der Waals surface area contributed by atoms with Gasteiger partial charge in [-0.15, -0.1) is 0 Å². The number of imidazole rings is 1. The molecule has 0 aliphatic carbocycles. The van der Waals surface area contributed by atoms with Crippen molar-refractivity contribution in [3.63, 3.8) is 0 Å². The Kier molecular flexibility index (Phi) is 3.97. The molecule has 0 saturated carbocycles. The Bertz CT molecular complexity index is 1130. The van der Waals surface area contributed by atoms with Crippen molar-refractivity contribution >= 4 is 34.4 Å². The van der Waals surface area contributed by atoms with E-state index in [0.717, 1.165) is 11.1 Å². The van der Waals surface area contributed by atoms with E-state index in [1.54, 1.807) is 35.0 Å². The molecule has 0 bridgehead atoms. The lowest BCUT2D eigenvalue weighted by Gasteiger charge is -2.08. The van der Waals surface area contributed by atoms with E-state index in [2.05, 4.69) is 20.3 Å². The average molecular weight is 366 g/mol. The monoisotopic (exact) mass is 365 g/mol. The van der Waals surface area contributed by atoms with Crippen molar-refractivity contribution in [2.75, 3.05) is 5.32 Å². The van der Waals surface area contributed by atoms with Gasteiger partial charge in [0.15, 0.2) is 5.65 Å². The zero-order chi connectivity index (χ0) is 18.3. The van der Waals surface area contributed by atoms with Crippen LogP contribution >= 0.6 is 11.6 Å². The molecule has 0 unspecified atom stereocenters. The van der Waals surface area contributed by atoms with E-state index in [9.17, 15) is 4.79 Å². The minimum absolute atomic E-state index is 0.187. The summed E-state index contributed by atoms with van der Waals surface area (Å²) in [5.74, 6) is 0.422. The molecular weight excluding hydrogens is 350 g/mol. The molecule has 0 radical (unpaired) electrons. The van der Waals surface area contributed by atoms with Crippen LogP contribution in [0.2, 0.25) is 5.02 Å². The van der Waals surface area contributed by atoms with Gasteiger partial charge in [-0.05, 0) is 48.9 Å². The SMILES string of the molecule is Cc1cnc2nc(-c3cc(NC(=O)c4cccn4C)ccc3Cl)[nH]c2c1. The number of carbonyl (C=O) groups excluding carboxylic acids is 1. The molecular formula is C19H16ClN5O. The zero-order valence-corrected chi connectivity index (χ0v) is 15.0. The molecule has 3 heterocycles. The Hall–Kier alpha value is -3.12. The summed E-state index contributed by atoms with van der Waals surface area (Å²) in [5, 5.41) is 3.43. The highest BCUT2D eigenvalue weighted by Crippen LogP contribution is 2.30. The highest BCUT2D eigenvalue weighted by atomic mass is 35.5. The van der Waals surface area contributed by atoms with E-state index < -0.39 is 0 Å². The van der Waals surface area contributed by atoms with E-state index in [1.807, 2.05) is 32.3 Å². The molecule has 1 amide bonds. The lowest BCUT2D eigenvalue weighted by molar-refractivity contribution is 0.101. The predicted molar refractivity (Wildman–Crippen MR) is 102 cm³/mol. The number of aryl methyl sites for hydroxylation is 2. The van der Waals surface area contributed by atoms with Crippen LogP contribution in [0.1, 0.15) is 16.1 Å². The molecule has 0 saturated heterocycles. The first kappa shape index (κ1) is 16.4. The number of nitrogens with one attached hydrogen (secondary N) is 2. The Morgan fingerprint density at radius 3 is 2.88 bits per heavy atom. The first-order valence-electron chi connectivity index (χ1n) is 8.06. The number of aromatic nitrogens is 4. The van der Waals surface area contributed by atoms with Gasteiger partial charge in [0.05, 0.1) is 10.5 Å². The van der Waals surface area contributed by atoms with Crippen LogP contribution in [0, 0.1) is 6.92 Å². The van der Waals surface area contributed by atoms with Crippen LogP contribution in [0.4, 0.5) is 5.69 Å². The fourth-order valence-corrected chi connectivity index (χ4v) is 3.02. The summed E-state index contributed by atoms with van der Waals surface area (Å²) in [6.45, 7) is 1.97. The van der Waals surface area contributed by atoms with Crippen molar-refractivity contribution in [2.24, 2.45) is 7.05 Å². The summed E-state index contributed by atoms with van der Waals surface area (Å²) < 4.78 is 1.76. The van der Waals surface area contributed by atoms with Crippen LogP contribution in [0.25, 0.3) is 22.6 Å². The first-order valence-corrected chi connectivity index (χ1v) is 8.44. The quantitative estimate of drug-likeness (QED) is 0.572. The number of hydrogen-bond acceptors (Lipinski definition) is 3. The van der Waals surface area contributed by atoms with Gasteiger partial charge in [0.2, 0.25) is 0 Å². The largest absolute Gasteiger partial charge is 0.347 e. The summed E-state index contributed by atoms with van der Waals surface area (Å²) >= 11 is 6.35. The lowest BCUT2D eigenvalue weighted by atomic mass is 10.2. The topological polar surface area (TPSA) is 75.6 Å². The number of carbonyl (C=O) groups is 1. The van der Waals surface area contributed by atoms with Crippen LogP contribution in [-0.4, -0.2) is 25.4 Å². The van der Waals surface area contributed by atoms with Crippen molar-refractivity contribution in [1.82, 2.24) is 19.5 Å². The lowest BCUT2D eigenvalue weighted by Crippen LogP contribution is -2.15. The molecule has 0 fully saturated rings. The number of rotatable bonds is 3. The minimum atomic E-state index is -0.187. The van der Waals surface area contributed by atoms with Gasteiger partial charge in [-0.3, -0.25) is 4.79 Å². The molecule has 2 N–H and O–H groups in total. The highest BCUT2D eigenvalue weighted by molar-refractivity contribution is 6.33. The fourth-order valence-electron chi connectivity index (χ4n) is 2.81. The number of aromatic amines is 1. The van der Waals surface area contributed by atoms with Gasteiger partial charge in [-0.25, -0.2) is 9.97 Å². The van der Waals surface area contributed by atoms with Crippen molar-refractivity contribution in [1.29, 1.82) is 0 Å². The third-order valence-electron chi connectivity index (χ3n) is 4.13. The van der Waals surface area contributed by atoms with E-state index in [-0.39, 0.29) is 5.91 Å². The molecule has 7 heteroatoms. The van der Waals surface area contributed by atoms with Crippen molar-refractivity contribution in [3.8, 4) is 11.4 Å². The Balaban J connectivity index is 1.69. The maximum Gasteiger partial charge on any atom is 0.272 e. The molecule has 0 aliphatic rings. The van der Waals surface area contributed by atoms with E-state index >= 15 is 0 Å². The molecule has 0 atom stereocenters. The van der Waals surface area contributed by atoms with Gasteiger partial charge in [-0.2, -0.15) is 0 Å². The van der Waals surface area contributed by atoms with E-state index in [4.69, 9.17) is 11.6 Å². The number of halogens is 1. The zero-order valence-electron chi connectivity index (χ0n) is 14.2. The van der Waals surface area contributed by atoms with Gasteiger partial charge >= 0.3 is 0 Å². The van der Waals surface area contributed by atoms with Crippen LogP contribution in [0.5, 0.6) is 0 Å². The third-order valence-corrected chi connectivity index (χ3v) is 4.46. The maximum absolute atomic E-state index is 12.4. The van der Waals surface area contributed by atoms with Crippen molar-refractivity contribution in [2.45, 2.75) is 6.92 Å². The Labute approximate surface area is 154 Å². The van der Waals surface area contributed by atoms with Gasteiger partial charge in [0, 0.05) is 30.7 Å². The van der Waals surface area contributed by atoms with Gasteiger partial charge in [0.25, 0.3) is 5.91 Å². The van der Waals surface area contributed by atoms with Crippen molar-refractivity contribution in [3.05, 3.63) is 65.1 Å². The number of anilines is 1. The van der Waals surface area contributed by atoms with E-state index in [1.165, 1.54) is 0 Å². The van der Waals surface area contributed by atoms with E-state index in [0.29, 0.717) is 33.4 Å². The number of nitrogens with zero attached hydrogens (tertiary/aromatic N) is 3. The molecule has 130 valence electrons. The molecule has 6 nitrogen and oxygen atoms in total. The standard InChI is InChI=1S/C19H16ClN5O/c1-11-8-15-18(21-10-11)24-17(23-15)13-9-12(5-6-14(13)20)22-19(26)16-4-3-7-25(16)2/h3-10H,1-2H3,(H,22,26)(H,21,23,24). The predicted octanol–water partition coefficient (Wildman–Crippen LogP) is 4.18. The normalized spacial score (nSPS) is 11.0. The number of H-pyrrole nitrogens is 1. The molecule has 3 aromatic heterocycles. The van der Waals surface area contributed by atoms with Crippen LogP contribution < -0.4 is 5.32 Å². The third kappa shape index (κ3) is 2.95. The number of benzene rings is 1. The summed E-state index contributed by atoms with van der Waals surface area (Å²) in [6, 6.07) is 10.9. The molecule has 1 aromatic carbocycles. The highest BCUT2D eigenvalue weighted by Gasteiger charge is 2.13. The summed E-state index contributed by atoms with van der Waals surface area (Å²) in [6.07, 6.45) is 3.59. The van der Waals surface area contributed by atoms with Crippen LogP contribution in [0.3, 0.4) is 0 Å². The molecule has 4 aromatic rings. The minimum Gasteiger partial charge on any atom is -0.347 e. The molecule has 26 heavy (non-hydrogen) atoms. The summed E-state index contributed by atoms with van der Waals surface area (Å²) in [7, 11) is 1.82. The fraction of sp³-hybridized carbons (Fsp3) is 0.105. The second-order valence-corrected chi connectivity index (χ2v) is 6.53. The van der Waals surface area contributed by atoms with Gasteiger partial charge in [-0.1, -0.05) is 11.6 Å². The Morgan fingerprint density at radius 2 is 2.12 bits per heavy atom. The van der Waals surface area contributed by atoms with Crippen LogP contribution in [0.15, 0.2) is 48.8 Å². The summed E-state index contributed by atoms with van der Waals surface area (Å²) in [4.78, 5) is 24.5. The summed E-state index contributed by atoms with van der Waals surface area (Å²) in [5.41, 5.74) is 4.42. The number of pyridine rings is 1. The van der Waals surface area contributed by atoms with Gasteiger partial charge in [0.1, 0.15) is 11.5 Å². The van der Waals surface area contributed by atoms with Gasteiger partial charge < -0.3 is 14.9 Å². The smallest absolute Gasteiger partial charge is 0.272 e. The number of hydrogen-bond donors (Lipinski definition) is 2. The van der Waals surface area contributed by atoms with Crippen molar-refractivity contribution < 1.29 is 4.79 Å². The number of fused-ring (bicyclic) bond motifs is 1. The molecule has 4 rings (SSSR count). The average Bonchev–Trinajstić information content (AvgIpc) is 3.22. The second-order valence-electron chi connectivity index (χ2n) is 6.12. The number of amides is 1. The maximum atomic E-state index is 12.4. The Morgan fingerprint density at radius 1 is 1.27 bits per heavy atom. The molecule has 0 aliphatic heterocycles. The molecule has 0 spiro atoms.